The molecule has 2 aliphatic heterocycles. The van der Waals surface area contributed by atoms with Gasteiger partial charge >= 0.3 is 16.3 Å². The Balaban J connectivity index is 1.28. The predicted octanol–water partition coefficient (Wildman–Crippen LogP) is -2.55. The first-order valence-corrected chi connectivity index (χ1v) is 15.6. The first-order chi connectivity index (χ1) is 21.9. The molecule has 2 fully saturated rings. The molecule has 5 rings (SSSR count). The monoisotopic (exact) mass is 677 g/mol. The van der Waals surface area contributed by atoms with Crippen LogP contribution in [0.3, 0.4) is 0 Å². The molecule has 2 saturated heterocycles. The number of amidine groups is 1. The highest BCUT2D eigenvalue weighted by Gasteiger charge is 2.54. The van der Waals surface area contributed by atoms with Crippen LogP contribution in [0.4, 0.5) is 5.13 Å². The number of aromatic nitrogens is 4. The van der Waals surface area contributed by atoms with Crippen LogP contribution >= 0.6 is 11.3 Å². The molecular weight excluding hydrogens is 650 g/mol. The Bertz CT molecular complexity index is 1760. The summed E-state index contributed by atoms with van der Waals surface area (Å²) >= 11 is 0.938. The van der Waals surface area contributed by atoms with E-state index in [9.17, 15) is 32.5 Å². The largest absolute Gasteiger partial charge is 0.489 e. The highest BCUT2D eigenvalue weighted by atomic mass is 32.2. The summed E-state index contributed by atoms with van der Waals surface area (Å²) < 4.78 is 40.1. The number of carboxylic acids is 1. The van der Waals surface area contributed by atoms with Crippen molar-refractivity contribution in [2.75, 3.05) is 25.4 Å². The van der Waals surface area contributed by atoms with Gasteiger partial charge in [-0.25, -0.2) is 19.1 Å². The number of nitrogens with two attached hydrogens (primary N) is 2. The van der Waals surface area contributed by atoms with Crippen LogP contribution in [-0.2, 0) is 36.1 Å². The van der Waals surface area contributed by atoms with Crippen LogP contribution in [0.2, 0.25) is 0 Å². The normalized spacial score (nSPS) is 19.6. The summed E-state index contributed by atoms with van der Waals surface area (Å²) in [6.45, 7) is 0.694. The van der Waals surface area contributed by atoms with Crippen LogP contribution in [0.1, 0.15) is 11.3 Å². The number of hydrogen-bond acceptors (Lipinski definition) is 15. The van der Waals surface area contributed by atoms with Crippen LogP contribution in [0.5, 0.6) is 5.75 Å². The Morgan fingerprint density at radius 1 is 1.26 bits per heavy atom. The van der Waals surface area contributed by atoms with Gasteiger partial charge in [0.05, 0.1) is 18.6 Å². The van der Waals surface area contributed by atoms with Gasteiger partial charge in [0.25, 0.3) is 17.9 Å². The molecule has 0 unspecified atom stereocenters. The zero-order valence-electron chi connectivity index (χ0n) is 23.5. The molecule has 1 aromatic carbocycles. The van der Waals surface area contributed by atoms with Crippen molar-refractivity contribution >= 4 is 56.1 Å². The van der Waals surface area contributed by atoms with E-state index >= 15 is 0 Å². The van der Waals surface area contributed by atoms with Gasteiger partial charge in [0.15, 0.2) is 10.8 Å². The summed E-state index contributed by atoms with van der Waals surface area (Å²) in [4.78, 5) is 55.2. The molecule has 8 N–H and O–H groups in total. The van der Waals surface area contributed by atoms with Gasteiger partial charge in [0.2, 0.25) is 0 Å². The van der Waals surface area contributed by atoms with Crippen LogP contribution in [0.25, 0.3) is 0 Å². The van der Waals surface area contributed by atoms with E-state index in [1.807, 2.05) is 0 Å². The number of nitrogens with zero attached hydrogens (tertiary/aromatic N) is 7. The Labute approximate surface area is 264 Å². The summed E-state index contributed by atoms with van der Waals surface area (Å²) in [6.07, 6.45) is 0.692. The third-order valence-corrected chi connectivity index (χ3v) is 8.33. The number of anilines is 1. The Morgan fingerprint density at radius 3 is 2.57 bits per heavy atom. The van der Waals surface area contributed by atoms with Crippen LogP contribution in [0, 0.1) is 0 Å². The number of nitrogen functional groups attached to an aromatic ring is 1. The second kappa shape index (κ2) is 13.4. The topological polar surface area (TPSA) is 292 Å². The lowest BCUT2D eigenvalue weighted by molar-refractivity contribution is -0.152. The minimum atomic E-state index is -4.98. The number of nitrogens with one attached hydrogen (secondary N) is 2. The average molecular weight is 678 g/mol. The molecule has 2 aromatic heterocycles. The number of β-lactam (4-membered cyclic amide) rings is 1. The number of thiazole rings is 1. The molecule has 0 bridgehead atoms. The summed E-state index contributed by atoms with van der Waals surface area (Å²) in [7, 11) is -4.98. The SMILES string of the molecule is NC(=NC1CNC1)c1ccc(OC[C@H](O/N=C(\C(=O)N[C@@H]2C(=O)N(S(=O)(=O)O)[C@@H]2Cn2cncn2)c2csc(N)n2)C(=O)O)cc1. The van der Waals surface area contributed by atoms with Gasteiger partial charge in [0.1, 0.15) is 42.6 Å². The summed E-state index contributed by atoms with van der Waals surface area (Å²) in [5.41, 5.74) is 11.7. The van der Waals surface area contributed by atoms with Crippen molar-refractivity contribution in [3.63, 3.8) is 0 Å². The van der Waals surface area contributed by atoms with Crippen LogP contribution in [0.15, 0.2) is 52.4 Å². The average Bonchev–Trinajstić information content (AvgIpc) is 3.66. The van der Waals surface area contributed by atoms with Crippen molar-refractivity contribution < 1.29 is 42.0 Å². The highest BCUT2D eigenvalue weighted by Crippen LogP contribution is 2.25. The number of rotatable bonds is 14. The zero-order chi connectivity index (χ0) is 33.0. The fraction of sp³-hybridized carbons (Fsp3) is 0.333. The summed E-state index contributed by atoms with van der Waals surface area (Å²) in [5, 5.41) is 24.0. The fourth-order valence-electron chi connectivity index (χ4n) is 4.26. The van der Waals surface area contributed by atoms with Crippen LogP contribution < -0.4 is 26.8 Å². The molecule has 0 saturated carbocycles. The third kappa shape index (κ3) is 7.36. The highest BCUT2D eigenvalue weighted by molar-refractivity contribution is 7.84. The van der Waals surface area contributed by atoms with Crippen molar-refractivity contribution in [2.45, 2.75) is 30.8 Å². The molecule has 244 valence electrons. The van der Waals surface area contributed by atoms with E-state index in [0.717, 1.165) is 30.8 Å². The van der Waals surface area contributed by atoms with E-state index in [2.05, 4.69) is 35.8 Å². The van der Waals surface area contributed by atoms with Gasteiger partial charge in [-0.2, -0.15) is 13.5 Å². The second-order valence-corrected chi connectivity index (χ2v) is 12.0. The maximum absolute atomic E-state index is 13.3. The molecule has 0 radical (unpaired) electrons. The lowest BCUT2D eigenvalue weighted by Gasteiger charge is -2.43. The number of benzene rings is 1. The van der Waals surface area contributed by atoms with Crippen LogP contribution in [-0.4, -0.2) is 115 Å². The maximum atomic E-state index is 13.3. The van der Waals surface area contributed by atoms with Gasteiger partial charge in [0, 0.05) is 24.0 Å². The third-order valence-electron chi connectivity index (χ3n) is 6.70. The number of hydrogen-bond donors (Lipinski definition) is 6. The summed E-state index contributed by atoms with van der Waals surface area (Å²) in [5.74, 6) is -3.06. The minimum Gasteiger partial charge on any atom is -0.489 e. The van der Waals surface area contributed by atoms with E-state index in [-0.39, 0.29) is 33.5 Å². The van der Waals surface area contributed by atoms with Crippen molar-refractivity contribution in [1.29, 1.82) is 0 Å². The van der Waals surface area contributed by atoms with Crippen molar-refractivity contribution in [3.05, 3.63) is 53.6 Å². The number of amides is 2. The van der Waals surface area contributed by atoms with Gasteiger partial charge in [-0.1, -0.05) is 5.16 Å². The quantitative estimate of drug-likeness (QED) is 0.0336. The number of carbonyl (C=O) groups is 3. The second-order valence-electron chi connectivity index (χ2n) is 9.85. The molecule has 22 heteroatoms. The standard InChI is InChI=1S/C24H27N11O9S2/c25-20(30-13-5-27-6-13)12-1-3-14(4-2-12)43-8-17(23(38)39)44-33-18(15-9-45-24(26)31-15)21(36)32-19-16(7-34-11-28-10-29-34)35(22(19)37)46(40,41)42/h1-4,9-11,13,16-17,19,27H,5-8H2,(H2,25,30)(H2,26,31)(H,32,36)(H,38,39)(H,40,41,42)/b33-18-/t16-,17+,19+/m1/s1. The lowest BCUT2D eigenvalue weighted by atomic mass is 9.98. The molecule has 0 spiro atoms. The van der Waals surface area contributed by atoms with Crippen molar-refractivity contribution in [3.8, 4) is 5.75 Å². The summed E-state index contributed by atoms with van der Waals surface area (Å²) in [6, 6.07) is 3.80. The number of carbonyl (C=O) groups excluding carboxylic acids is 2. The molecule has 46 heavy (non-hydrogen) atoms. The van der Waals surface area contributed by atoms with Gasteiger partial charge < -0.3 is 36.8 Å². The smallest absolute Gasteiger partial charge is 0.362 e. The number of carboxylic acid groups (broad SMARTS) is 1. The number of aliphatic carboxylic acids is 1. The Hall–Kier alpha value is -5.19. The zero-order valence-corrected chi connectivity index (χ0v) is 25.2. The predicted molar refractivity (Wildman–Crippen MR) is 159 cm³/mol. The molecule has 3 aromatic rings. The fourth-order valence-corrected chi connectivity index (χ4v) is 5.68. The molecule has 3 atom stereocenters. The van der Waals surface area contributed by atoms with Gasteiger partial charge in [-0.15, -0.1) is 11.3 Å². The van der Waals surface area contributed by atoms with Gasteiger partial charge in [-0.05, 0) is 24.3 Å². The maximum Gasteiger partial charge on any atom is 0.362 e. The Morgan fingerprint density at radius 2 is 2.00 bits per heavy atom. The molecule has 20 nitrogen and oxygen atoms in total. The molecule has 0 aliphatic carbocycles. The number of ether oxygens (including phenoxy) is 1. The van der Waals surface area contributed by atoms with E-state index in [0.29, 0.717) is 11.4 Å². The molecule has 4 heterocycles. The van der Waals surface area contributed by atoms with E-state index in [4.69, 9.17) is 21.0 Å². The molecule has 2 aliphatic rings. The van der Waals surface area contributed by atoms with Gasteiger partial charge in [-0.3, -0.25) is 23.8 Å². The number of aliphatic imine (C=N–C) groups is 1. The van der Waals surface area contributed by atoms with Crippen molar-refractivity contribution in [2.24, 2.45) is 15.9 Å². The van der Waals surface area contributed by atoms with E-state index in [1.54, 1.807) is 24.3 Å². The first kappa shape index (κ1) is 32.2. The minimum absolute atomic E-state index is 0.0356. The lowest BCUT2D eigenvalue weighted by Crippen LogP contribution is -2.73. The van der Waals surface area contributed by atoms with E-state index < -0.39 is 58.6 Å². The number of oxime groups is 1. The first-order valence-electron chi connectivity index (χ1n) is 13.3. The van der Waals surface area contributed by atoms with Crippen molar-refractivity contribution in [1.82, 2.24) is 34.7 Å². The molecule has 2 amide bonds. The van der Waals surface area contributed by atoms with E-state index in [1.165, 1.54) is 16.4 Å². The Kier molecular flexibility index (Phi) is 9.41. The molecular formula is C24H27N11O9S2.